The number of amides is 1. The molecule has 0 aliphatic carbocycles. The maximum Gasteiger partial charge on any atom is 0.355 e. The molecule has 1 N–H and O–H groups in total. The average Bonchev–Trinajstić information content (AvgIpc) is 3.19. The van der Waals surface area contributed by atoms with Crippen molar-refractivity contribution in [3.63, 3.8) is 0 Å². The molecule has 3 rings (SSSR count). The van der Waals surface area contributed by atoms with E-state index in [1.807, 2.05) is 32.0 Å². The number of nitrogens with one attached hydrogen (secondary N) is 1. The summed E-state index contributed by atoms with van der Waals surface area (Å²) in [5.74, 6) is 0.448. The van der Waals surface area contributed by atoms with Crippen molar-refractivity contribution in [1.82, 2.24) is 9.88 Å². The van der Waals surface area contributed by atoms with Crippen LogP contribution in [0, 0.1) is 6.92 Å². The number of aryl methyl sites for hydroxylation is 1. The van der Waals surface area contributed by atoms with Gasteiger partial charge in [0.2, 0.25) is 6.79 Å². The highest BCUT2D eigenvalue weighted by molar-refractivity contribution is 5.90. The molecule has 1 aliphatic heterocycles. The van der Waals surface area contributed by atoms with Gasteiger partial charge in [-0.3, -0.25) is 4.79 Å². The van der Waals surface area contributed by atoms with Gasteiger partial charge in [0.25, 0.3) is 5.91 Å². The number of carbonyl (C=O) groups excluding carboxylic acids is 2. The number of hydrogen-bond donors (Lipinski definition) is 1. The summed E-state index contributed by atoms with van der Waals surface area (Å²) in [4.78, 5) is 24.0. The lowest BCUT2D eigenvalue weighted by atomic mass is 10.1. The van der Waals surface area contributed by atoms with Crippen LogP contribution in [0.25, 0.3) is 0 Å². The Kier molecular flexibility index (Phi) is 4.65. The number of carbonyl (C=O) groups is 2. The van der Waals surface area contributed by atoms with Gasteiger partial charge in [-0.15, -0.1) is 0 Å². The zero-order valence-electron chi connectivity index (χ0n) is 14.4. The lowest BCUT2D eigenvalue weighted by molar-refractivity contribution is -0.124. The van der Waals surface area contributed by atoms with E-state index in [0.29, 0.717) is 17.2 Å². The molecule has 2 aromatic rings. The number of hydrogen-bond acceptors (Lipinski definition) is 5. The van der Waals surface area contributed by atoms with E-state index in [-0.39, 0.29) is 25.3 Å². The predicted octanol–water partition coefficient (Wildman–Crippen LogP) is 2.10. The fourth-order valence-corrected chi connectivity index (χ4v) is 2.57. The van der Waals surface area contributed by atoms with Crippen LogP contribution in [-0.2, 0) is 16.6 Å². The van der Waals surface area contributed by atoms with E-state index in [0.717, 1.165) is 11.3 Å². The molecule has 7 heteroatoms. The average molecular weight is 344 g/mol. The molecule has 7 nitrogen and oxygen atoms in total. The standard InChI is InChI=1S/C18H20N2O5/c1-11-4-6-14(20(11)3)18(22)23-9-17(21)19-12(2)13-5-7-15-16(8-13)25-10-24-15/h4-8,12H,9-10H2,1-3H3,(H,19,21)/t12-/m1/s1. The number of fused-ring (bicyclic) bond motifs is 1. The Bertz CT molecular complexity index is 812. The molecule has 1 aliphatic rings. The molecule has 2 heterocycles. The zero-order valence-corrected chi connectivity index (χ0v) is 14.4. The van der Waals surface area contributed by atoms with Crippen molar-refractivity contribution >= 4 is 11.9 Å². The van der Waals surface area contributed by atoms with Gasteiger partial charge in [-0.25, -0.2) is 4.79 Å². The first-order chi connectivity index (χ1) is 12.0. The quantitative estimate of drug-likeness (QED) is 0.841. The van der Waals surface area contributed by atoms with Crippen molar-refractivity contribution in [2.75, 3.05) is 13.4 Å². The number of benzene rings is 1. The molecule has 0 saturated carbocycles. The Morgan fingerprint density at radius 1 is 1.24 bits per heavy atom. The van der Waals surface area contributed by atoms with Crippen molar-refractivity contribution in [3.05, 3.63) is 47.3 Å². The minimum Gasteiger partial charge on any atom is -0.454 e. The lowest BCUT2D eigenvalue weighted by Crippen LogP contribution is -2.31. The first kappa shape index (κ1) is 16.9. The largest absolute Gasteiger partial charge is 0.454 e. The minimum atomic E-state index is -0.526. The molecule has 25 heavy (non-hydrogen) atoms. The van der Waals surface area contributed by atoms with Crippen molar-refractivity contribution < 1.29 is 23.8 Å². The number of esters is 1. The maximum atomic E-state index is 12.0. The Labute approximate surface area is 145 Å². The van der Waals surface area contributed by atoms with Gasteiger partial charge in [0.05, 0.1) is 6.04 Å². The maximum absolute atomic E-state index is 12.0. The van der Waals surface area contributed by atoms with E-state index in [1.165, 1.54) is 0 Å². The Hall–Kier alpha value is -2.96. The molecule has 0 saturated heterocycles. The van der Waals surface area contributed by atoms with Crippen molar-refractivity contribution in [2.45, 2.75) is 19.9 Å². The molecule has 1 aromatic carbocycles. The van der Waals surface area contributed by atoms with Crippen LogP contribution in [0.4, 0.5) is 0 Å². The second-order valence-electron chi connectivity index (χ2n) is 5.90. The van der Waals surface area contributed by atoms with Gasteiger partial charge in [-0.05, 0) is 43.7 Å². The number of nitrogens with zero attached hydrogens (tertiary/aromatic N) is 1. The highest BCUT2D eigenvalue weighted by Crippen LogP contribution is 2.34. The molecule has 0 spiro atoms. The second kappa shape index (κ2) is 6.88. The smallest absolute Gasteiger partial charge is 0.355 e. The van der Waals surface area contributed by atoms with Gasteiger partial charge in [-0.1, -0.05) is 6.07 Å². The van der Waals surface area contributed by atoms with Gasteiger partial charge in [-0.2, -0.15) is 0 Å². The highest BCUT2D eigenvalue weighted by atomic mass is 16.7. The van der Waals surface area contributed by atoms with Crippen LogP contribution in [-0.4, -0.2) is 29.8 Å². The summed E-state index contributed by atoms with van der Waals surface area (Å²) in [7, 11) is 1.77. The fraction of sp³-hybridized carbons (Fsp3) is 0.333. The van der Waals surface area contributed by atoms with Gasteiger partial charge >= 0.3 is 5.97 Å². The number of rotatable bonds is 5. The lowest BCUT2D eigenvalue weighted by Gasteiger charge is -2.15. The van der Waals surface area contributed by atoms with E-state index in [1.54, 1.807) is 23.7 Å². The van der Waals surface area contributed by atoms with E-state index in [4.69, 9.17) is 14.2 Å². The van der Waals surface area contributed by atoms with E-state index in [9.17, 15) is 9.59 Å². The van der Waals surface area contributed by atoms with Crippen LogP contribution in [0.5, 0.6) is 11.5 Å². The van der Waals surface area contributed by atoms with Gasteiger partial charge in [0.15, 0.2) is 18.1 Å². The van der Waals surface area contributed by atoms with Crippen LogP contribution in [0.2, 0.25) is 0 Å². The van der Waals surface area contributed by atoms with Gasteiger partial charge in [0.1, 0.15) is 5.69 Å². The summed E-state index contributed by atoms with van der Waals surface area (Å²) in [5, 5.41) is 2.79. The van der Waals surface area contributed by atoms with E-state index < -0.39 is 5.97 Å². The van der Waals surface area contributed by atoms with Gasteiger partial charge < -0.3 is 24.1 Å². The summed E-state index contributed by atoms with van der Waals surface area (Å²) >= 11 is 0. The van der Waals surface area contributed by atoms with Crippen LogP contribution in [0.15, 0.2) is 30.3 Å². The molecule has 1 aromatic heterocycles. The monoisotopic (exact) mass is 344 g/mol. The first-order valence-electron chi connectivity index (χ1n) is 7.94. The summed E-state index contributed by atoms with van der Waals surface area (Å²) < 4.78 is 17.4. The summed E-state index contributed by atoms with van der Waals surface area (Å²) in [6.45, 7) is 3.60. The van der Waals surface area contributed by atoms with Crippen LogP contribution in [0.1, 0.15) is 34.7 Å². The first-order valence-corrected chi connectivity index (χ1v) is 7.94. The molecule has 0 bridgehead atoms. The molecule has 0 unspecified atom stereocenters. The van der Waals surface area contributed by atoms with Gasteiger partial charge in [0, 0.05) is 12.7 Å². The third kappa shape index (κ3) is 3.60. The van der Waals surface area contributed by atoms with E-state index >= 15 is 0 Å². The normalized spacial score (nSPS) is 13.4. The summed E-state index contributed by atoms with van der Waals surface area (Å²) in [6, 6.07) is 8.72. The van der Waals surface area contributed by atoms with Crippen LogP contribution < -0.4 is 14.8 Å². The van der Waals surface area contributed by atoms with Crippen LogP contribution >= 0.6 is 0 Å². The number of aromatic nitrogens is 1. The second-order valence-corrected chi connectivity index (χ2v) is 5.90. The molecule has 132 valence electrons. The fourth-order valence-electron chi connectivity index (χ4n) is 2.57. The Balaban J connectivity index is 1.53. The number of ether oxygens (including phenoxy) is 3. The van der Waals surface area contributed by atoms with E-state index in [2.05, 4.69) is 5.32 Å². The van der Waals surface area contributed by atoms with Crippen molar-refractivity contribution in [2.24, 2.45) is 7.05 Å². The molecular formula is C18H20N2O5. The zero-order chi connectivity index (χ0) is 18.0. The SMILES string of the molecule is Cc1ccc(C(=O)OCC(=O)N[C@H](C)c2ccc3c(c2)OCO3)n1C. The van der Waals surface area contributed by atoms with Crippen molar-refractivity contribution in [1.29, 1.82) is 0 Å². The van der Waals surface area contributed by atoms with Crippen LogP contribution in [0.3, 0.4) is 0 Å². The predicted molar refractivity (Wildman–Crippen MR) is 89.6 cm³/mol. The molecule has 1 amide bonds. The molecular weight excluding hydrogens is 324 g/mol. The molecule has 0 radical (unpaired) electrons. The Morgan fingerprint density at radius 3 is 2.72 bits per heavy atom. The topological polar surface area (TPSA) is 78.8 Å². The molecule has 1 atom stereocenters. The third-order valence-electron chi connectivity index (χ3n) is 4.19. The molecule has 0 fully saturated rings. The summed E-state index contributed by atoms with van der Waals surface area (Å²) in [5.41, 5.74) is 2.23. The third-order valence-corrected chi connectivity index (χ3v) is 4.19. The Morgan fingerprint density at radius 2 is 2.00 bits per heavy atom. The van der Waals surface area contributed by atoms with Crippen molar-refractivity contribution in [3.8, 4) is 11.5 Å². The highest BCUT2D eigenvalue weighted by Gasteiger charge is 2.18. The minimum absolute atomic E-state index is 0.202. The summed E-state index contributed by atoms with van der Waals surface area (Å²) in [6.07, 6.45) is 0.